The number of epoxide rings is 1. The largest absolute Gasteiger partial charge is 0.396 e. The molecule has 82 heavy (non-hydrogen) atoms. The van der Waals surface area contributed by atoms with Gasteiger partial charge >= 0.3 is 0 Å². The van der Waals surface area contributed by atoms with Crippen LogP contribution in [0.15, 0.2) is 83.3 Å². The Morgan fingerprint density at radius 2 is 1.70 bits per heavy atom. The van der Waals surface area contributed by atoms with E-state index in [1.54, 1.807) is 0 Å². The first-order valence-electron chi connectivity index (χ1n) is 33.0. The number of nitrogens with one attached hydrogen (secondary N) is 1. The summed E-state index contributed by atoms with van der Waals surface area (Å²) in [4.78, 5) is 16.6. The summed E-state index contributed by atoms with van der Waals surface area (Å²) >= 11 is 0. The van der Waals surface area contributed by atoms with Crippen LogP contribution in [0.5, 0.6) is 0 Å². The van der Waals surface area contributed by atoms with Crippen LogP contribution in [0.1, 0.15) is 180 Å². The van der Waals surface area contributed by atoms with Crippen molar-refractivity contribution in [3.05, 3.63) is 94.4 Å². The molecule has 1 aromatic rings. The maximum absolute atomic E-state index is 16.6. The van der Waals surface area contributed by atoms with Crippen molar-refractivity contribution in [2.24, 2.45) is 90.5 Å². The molecule has 10 nitrogen and oxygen atoms in total. The topological polar surface area (TPSA) is 178 Å². The van der Waals surface area contributed by atoms with Gasteiger partial charge in [0, 0.05) is 64.4 Å². The van der Waals surface area contributed by atoms with Gasteiger partial charge in [-0.15, -0.1) is 0 Å². The predicted molar refractivity (Wildman–Crippen MR) is 316 cm³/mol. The first-order chi connectivity index (χ1) is 39.3. The van der Waals surface area contributed by atoms with Gasteiger partial charge in [0.25, 0.3) is 0 Å². The summed E-state index contributed by atoms with van der Waals surface area (Å²) in [5.41, 5.74) is 4.87. The molecule has 12 aliphatic carbocycles. The Balaban J connectivity index is 0.910. The second-order valence-corrected chi connectivity index (χ2v) is 31.7. The van der Waals surface area contributed by atoms with Gasteiger partial charge in [0.2, 0.25) is 0 Å². The minimum Gasteiger partial charge on any atom is -0.396 e. The highest BCUT2D eigenvalue weighted by atomic mass is 16.6. The number of aryl methyl sites for hydroxylation is 1. The highest BCUT2D eigenvalue weighted by Gasteiger charge is 2.86. The molecule has 1 aromatic carbocycles. The van der Waals surface area contributed by atoms with Gasteiger partial charge in [0.15, 0.2) is 5.78 Å². The van der Waals surface area contributed by atoms with E-state index in [1.165, 1.54) is 48.8 Å². The summed E-state index contributed by atoms with van der Waals surface area (Å²) in [6.07, 6.45) is 33.9. The lowest BCUT2D eigenvalue weighted by Gasteiger charge is -2.73. The summed E-state index contributed by atoms with van der Waals surface area (Å²) < 4.78 is 14.5. The van der Waals surface area contributed by atoms with E-state index in [2.05, 4.69) is 79.6 Å². The number of ketones is 1. The number of hydrogen-bond acceptors (Lipinski definition) is 10. The van der Waals surface area contributed by atoms with Gasteiger partial charge < -0.3 is 46.1 Å². The summed E-state index contributed by atoms with van der Waals surface area (Å²) in [5, 5.41) is 67.7. The number of benzene rings is 1. The lowest BCUT2D eigenvalue weighted by molar-refractivity contribution is -0.238. The Bertz CT molecular complexity index is 3040. The average Bonchev–Trinajstić information content (AvgIpc) is 1.59. The van der Waals surface area contributed by atoms with Gasteiger partial charge in [0.1, 0.15) is 17.8 Å². The monoisotopic (exact) mass is 1120 g/mol. The predicted octanol–water partition coefficient (Wildman–Crippen LogP) is 10.4. The van der Waals surface area contributed by atoms with Crippen LogP contribution < -0.4 is 11.1 Å². The van der Waals surface area contributed by atoms with Gasteiger partial charge in [-0.05, 0) is 203 Å². The molecular weight excluding hydrogens is 1020 g/mol. The van der Waals surface area contributed by atoms with E-state index in [0.29, 0.717) is 75.3 Å². The van der Waals surface area contributed by atoms with Crippen molar-refractivity contribution in [1.29, 1.82) is 0 Å². The second-order valence-electron chi connectivity index (χ2n) is 31.7. The van der Waals surface area contributed by atoms with Crippen molar-refractivity contribution < 1.29 is 39.8 Å². The molecule has 7 saturated carbocycles. The molecule has 9 fully saturated rings. The fourth-order valence-corrected chi connectivity index (χ4v) is 24.4. The third kappa shape index (κ3) is 7.11. The Morgan fingerprint density at radius 1 is 0.915 bits per heavy atom. The molecule has 0 unspecified atom stereocenters. The first-order valence-corrected chi connectivity index (χ1v) is 33.0. The second kappa shape index (κ2) is 18.5. The molecule has 4 spiro atoms. The van der Waals surface area contributed by atoms with Crippen LogP contribution in [0.3, 0.4) is 0 Å². The van der Waals surface area contributed by atoms with E-state index >= 15 is 4.79 Å². The molecule has 10 heteroatoms. The molecule has 15 aliphatic rings. The van der Waals surface area contributed by atoms with Gasteiger partial charge in [0.05, 0.1) is 36.3 Å². The van der Waals surface area contributed by atoms with Crippen LogP contribution in [0.25, 0.3) is 0 Å². The van der Waals surface area contributed by atoms with Crippen LogP contribution in [-0.2, 0) is 27.1 Å². The Morgan fingerprint density at radius 3 is 2.45 bits per heavy atom. The zero-order valence-electron chi connectivity index (χ0n) is 49.9. The van der Waals surface area contributed by atoms with Crippen molar-refractivity contribution in [2.75, 3.05) is 26.4 Å². The van der Waals surface area contributed by atoms with Crippen molar-refractivity contribution in [2.45, 2.75) is 217 Å². The molecule has 3 heterocycles. The molecule has 19 atom stereocenters. The lowest BCUT2D eigenvalue weighted by atomic mass is 9.29. The molecular formula is C72H96N2O8. The highest BCUT2D eigenvalue weighted by Crippen LogP contribution is 2.89. The summed E-state index contributed by atoms with van der Waals surface area (Å²) in [6.45, 7) is 9.60. The number of nitrogens with two attached hydrogens (primary N) is 1. The van der Waals surface area contributed by atoms with E-state index in [9.17, 15) is 25.5 Å². The molecule has 3 aliphatic heterocycles. The van der Waals surface area contributed by atoms with Gasteiger partial charge in [-0.2, -0.15) is 0 Å². The maximum Gasteiger partial charge on any atom is 0.160 e. The average molecular weight is 1120 g/mol. The molecule has 4 bridgehead atoms. The Labute approximate surface area is 488 Å². The SMILES string of the molecule is C[C@@H]1CCO[C@]([C@H]2CC[C@@]3(O)C4=CC(=O)[C@@H]5[C@@H]6C=C[C@@]78C=C(C9(CO)CCCC9)C[C@@]59[C@H]4[C@@H](CCc4ccccc4CC#C[C@@H]([C@@]4(CCC5(CCCC5)C4)C7)[C@@]89C[C@@H]6O)C[C@]23C)([C@H]2O[C@@H]2[C@](C)(O)[C@](C)(CO)CCC2=CCNC(N)=C2)C1. The van der Waals surface area contributed by atoms with E-state index in [4.69, 9.17) is 15.2 Å². The first kappa shape index (κ1) is 55.1. The number of hydrogen-bond donors (Lipinski definition) is 7. The third-order valence-electron chi connectivity index (χ3n) is 28.3. The van der Waals surface area contributed by atoms with Crippen molar-refractivity contribution in [1.82, 2.24) is 5.32 Å². The van der Waals surface area contributed by atoms with Gasteiger partial charge in [-0.25, -0.2) is 0 Å². The van der Waals surface area contributed by atoms with Gasteiger partial charge in [-0.1, -0.05) is 112 Å². The number of carbonyl (C=O) groups is 1. The van der Waals surface area contributed by atoms with Crippen LogP contribution >= 0.6 is 0 Å². The number of rotatable bonds is 10. The number of ether oxygens (including phenoxy) is 2. The van der Waals surface area contributed by atoms with E-state index in [1.807, 2.05) is 26.0 Å². The number of fused-ring (bicyclic) bond motifs is 5. The molecule has 8 N–H and O–H groups in total. The van der Waals surface area contributed by atoms with Crippen molar-refractivity contribution >= 4 is 5.78 Å². The van der Waals surface area contributed by atoms with Crippen molar-refractivity contribution in [3.8, 4) is 11.8 Å². The van der Waals surface area contributed by atoms with Crippen LogP contribution in [-0.4, -0.2) is 92.8 Å². The Hall–Kier alpha value is -3.53. The summed E-state index contributed by atoms with van der Waals surface area (Å²) in [5.74, 6) is 8.08. The standard InChI is InChI=1S/C72H96N2O8/c1-45-22-33-81-70(36-45,61-60(82-61)64(4,79)62(2,43-75)27-18-46-21-32-74-57(73)34-46)55-20-29-72(80)52-35-53(77)59-51-19-28-68-38-50(66(44-76)25-9-10-26-66)39-69(59)58(52)49(37-63(55,72)3)17-16-48-13-6-5-12-47(48)14-11-15-56(71(68,69)40-54(51)78)67(42-68)31-30-65(41-67)23-7-8-24-65/h5-6,12-13,19,21,28,34-35,38,45,49,51,54-56,58-61,74-76,78-80H,7-10,14,16-18,20,22-27,29-33,36-37,39-44,73H2,1-4H3/t45-,49+,51-,54+,55+,56+,58+,59+,60+,61+,62+,63-,64+,67-,68-,69-,70-,71+,72-/m1/s1. The normalized spacial score (nSPS) is 47.4. The fraction of sp³-hybridized carbons (Fsp3) is 0.736. The molecule has 442 valence electrons. The maximum atomic E-state index is 16.6. The number of carbonyl (C=O) groups excluding carboxylic acids is 1. The molecule has 16 rings (SSSR count). The molecule has 0 radical (unpaired) electrons. The lowest BCUT2D eigenvalue weighted by Crippen LogP contribution is -2.73. The van der Waals surface area contributed by atoms with E-state index < -0.39 is 68.1 Å². The summed E-state index contributed by atoms with van der Waals surface area (Å²) in [7, 11) is 0. The molecule has 2 saturated heterocycles. The number of aliphatic hydroxyl groups excluding tert-OH is 3. The zero-order chi connectivity index (χ0) is 56.7. The van der Waals surface area contributed by atoms with Crippen LogP contribution in [0.4, 0.5) is 0 Å². The van der Waals surface area contributed by atoms with E-state index in [0.717, 1.165) is 88.2 Å². The van der Waals surface area contributed by atoms with Crippen LogP contribution in [0.2, 0.25) is 0 Å². The third-order valence-corrected chi connectivity index (χ3v) is 28.3. The van der Waals surface area contributed by atoms with Crippen molar-refractivity contribution in [3.63, 3.8) is 0 Å². The zero-order valence-corrected chi connectivity index (χ0v) is 49.9. The van der Waals surface area contributed by atoms with Gasteiger partial charge in [-0.3, -0.25) is 4.79 Å². The number of dihydropyridines is 1. The minimum absolute atomic E-state index is 0.0499. The Kier molecular flexibility index (Phi) is 12.4. The smallest absolute Gasteiger partial charge is 0.160 e. The number of allylic oxidation sites excluding steroid dienone is 5. The number of aliphatic hydroxyl groups is 5. The molecule has 0 aromatic heterocycles. The molecule has 0 amide bonds. The quantitative estimate of drug-likeness (QED) is 0.0678. The fourth-order valence-electron chi connectivity index (χ4n) is 24.4. The highest BCUT2D eigenvalue weighted by molar-refractivity contribution is 5.96. The summed E-state index contributed by atoms with van der Waals surface area (Å²) in [6, 6.07) is 9.00. The van der Waals surface area contributed by atoms with E-state index in [-0.39, 0.29) is 59.4 Å². The van der Waals surface area contributed by atoms with Crippen LogP contribution in [0, 0.1) is 96.6 Å². The minimum atomic E-state index is -1.43.